The average Bonchev–Trinajstić information content (AvgIpc) is 2.23. The van der Waals surface area contributed by atoms with Gasteiger partial charge < -0.3 is 0 Å². The first-order valence-electron chi connectivity index (χ1n) is 4.85. The van der Waals surface area contributed by atoms with Crippen molar-refractivity contribution in [2.24, 2.45) is 5.41 Å². The lowest BCUT2D eigenvalue weighted by atomic mass is 9.93. The highest BCUT2D eigenvalue weighted by atomic mass is 32.2. The molecule has 0 spiro atoms. The van der Waals surface area contributed by atoms with E-state index >= 15 is 0 Å². The van der Waals surface area contributed by atoms with Gasteiger partial charge in [-0.25, -0.2) is 0 Å². The van der Waals surface area contributed by atoms with Crippen molar-refractivity contribution in [3.63, 3.8) is 0 Å². The van der Waals surface area contributed by atoms with Crippen molar-refractivity contribution >= 4 is 11.8 Å². The monoisotopic (exact) mass is 194 g/mol. The third kappa shape index (κ3) is 3.86. The number of thioether (sulfide) groups is 1. The fourth-order valence-corrected chi connectivity index (χ4v) is 1.89. The van der Waals surface area contributed by atoms with E-state index in [4.69, 9.17) is 0 Å². The van der Waals surface area contributed by atoms with E-state index in [2.05, 4.69) is 51.2 Å². The fraction of sp³-hybridized carbons (Fsp3) is 0.500. The van der Waals surface area contributed by atoms with Gasteiger partial charge in [-0.2, -0.15) is 0 Å². The lowest BCUT2D eigenvalue weighted by Gasteiger charge is -2.12. The summed E-state index contributed by atoms with van der Waals surface area (Å²) in [7, 11) is 0. The average molecular weight is 194 g/mol. The third-order valence-corrected chi connectivity index (χ3v) is 3.15. The van der Waals surface area contributed by atoms with E-state index in [9.17, 15) is 0 Å². The van der Waals surface area contributed by atoms with Crippen molar-refractivity contribution in [2.75, 3.05) is 5.75 Å². The highest BCUT2D eigenvalue weighted by Gasteiger charge is 2.10. The molecule has 0 heterocycles. The van der Waals surface area contributed by atoms with Gasteiger partial charge in [0.15, 0.2) is 0 Å². The Morgan fingerprint density at radius 2 is 2.08 bits per heavy atom. The van der Waals surface area contributed by atoms with Crippen LogP contribution in [0.15, 0.2) is 35.3 Å². The Bertz CT molecular complexity index is 244. The van der Waals surface area contributed by atoms with Gasteiger partial charge in [-0.1, -0.05) is 45.1 Å². The summed E-state index contributed by atoms with van der Waals surface area (Å²) in [5.41, 5.74) is 0.213. The summed E-state index contributed by atoms with van der Waals surface area (Å²) in [5.74, 6) is 1.21. The molecule has 0 nitrogen and oxygen atoms in total. The molecule has 72 valence electrons. The Kier molecular flexibility index (Phi) is 3.86. The molecule has 0 atom stereocenters. The second-order valence-electron chi connectivity index (χ2n) is 3.93. The van der Waals surface area contributed by atoms with E-state index < -0.39 is 0 Å². The number of allylic oxidation sites excluding steroid dienone is 5. The van der Waals surface area contributed by atoms with Crippen LogP contribution in [0.25, 0.3) is 0 Å². The predicted molar refractivity (Wildman–Crippen MR) is 62.9 cm³/mol. The number of hydrogen-bond acceptors (Lipinski definition) is 1. The van der Waals surface area contributed by atoms with Crippen LogP contribution in [0.4, 0.5) is 0 Å². The van der Waals surface area contributed by atoms with Gasteiger partial charge in [-0.3, -0.25) is 0 Å². The van der Waals surface area contributed by atoms with Crippen molar-refractivity contribution < 1.29 is 0 Å². The zero-order valence-electron chi connectivity index (χ0n) is 8.71. The van der Waals surface area contributed by atoms with Crippen LogP contribution >= 0.6 is 11.8 Å². The molecular formula is C12H18S. The van der Waals surface area contributed by atoms with Crippen molar-refractivity contribution in [2.45, 2.75) is 27.2 Å². The first-order chi connectivity index (χ1) is 6.14. The SMILES string of the molecule is CCCSC1=CC=CC(C)(C)C=C1. The van der Waals surface area contributed by atoms with Gasteiger partial charge >= 0.3 is 0 Å². The summed E-state index contributed by atoms with van der Waals surface area (Å²) in [6.45, 7) is 6.66. The van der Waals surface area contributed by atoms with Crippen molar-refractivity contribution in [1.82, 2.24) is 0 Å². The molecule has 1 aliphatic carbocycles. The van der Waals surface area contributed by atoms with Crippen LogP contribution in [0.5, 0.6) is 0 Å². The molecule has 0 aromatic rings. The summed E-state index contributed by atoms with van der Waals surface area (Å²) in [4.78, 5) is 1.38. The standard InChI is InChI=1S/C12H18S/c1-4-10-13-11-6-5-8-12(2,3)9-7-11/h5-9H,4,10H2,1-3H3. The maximum absolute atomic E-state index is 2.27. The van der Waals surface area contributed by atoms with Crippen LogP contribution in [0.3, 0.4) is 0 Å². The summed E-state index contributed by atoms with van der Waals surface area (Å²) in [5, 5.41) is 0. The second kappa shape index (κ2) is 4.71. The van der Waals surface area contributed by atoms with E-state index in [1.807, 2.05) is 11.8 Å². The van der Waals surface area contributed by atoms with Crippen molar-refractivity contribution in [3.05, 3.63) is 35.3 Å². The zero-order valence-corrected chi connectivity index (χ0v) is 9.53. The van der Waals surface area contributed by atoms with Gasteiger partial charge in [0.05, 0.1) is 0 Å². The fourth-order valence-electron chi connectivity index (χ4n) is 1.12. The van der Waals surface area contributed by atoms with Crippen LogP contribution in [0.1, 0.15) is 27.2 Å². The van der Waals surface area contributed by atoms with Gasteiger partial charge in [-0.05, 0) is 18.2 Å². The maximum atomic E-state index is 2.27. The molecule has 13 heavy (non-hydrogen) atoms. The zero-order chi connectivity index (χ0) is 9.73. The molecule has 1 heteroatoms. The molecule has 0 saturated carbocycles. The molecule has 0 aromatic carbocycles. The van der Waals surface area contributed by atoms with Crippen LogP contribution in [0, 0.1) is 5.41 Å². The van der Waals surface area contributed by atoms with E-state index in [0.717, 1.165) is 0 Å². The van der Waals surface area contributed by atoms with Crippen LogP contribution < -0.4 is 0 Å². The molecule has 0 saturated heterocycles. The van der Waals surface area contributed by atoms with Gasteiger partial charge in [0.2, 0.25) is 0 Å². The quantitative estimate of drug-likeness (QED) is 0.650. The van der Waals surface area contributed by atoms with Crippen molar-refractivity contribution in [3.8, 4) is 0 Å². The van der Waals surface area contributed by atoms with Gasteiger partial charge in [-0.15, -0.1) is 11.8 Å². The first-order valence-corrected chi connectivity index (χ1v) is 5.84. The molecule has 0 fully saturated rings. The second-order valence-corrected chi connectivity index (χ2v) is 5.10. The molecule has 1 aliphatic rings. The molecule has 0 bridgehead atoms. The summed E-state index contributed by atoms with van der Waals surface area (Å²) in [6, 6.07) is 0. The van der Waals surface area contributed by atoms with Crippen LogP contribution in [-0.4, -0.2) is 5.75 Å². The third-order valence-electron chi connectivity index (χ3n) is 1.94. The Hall–Kier alpha value is -0.430. The molecule has 1 rings (SSSR count). The Morgan fingerprint density at radius 3 is 2.77 bits per heavy atom. The summed E-state index contributed by atoms with van der Waals surface area (Å²) < 4.78 is 0. The largest absolute Gasteiger partial charge is 0.126 e. The smallest absolute Gasteiger partial charge is 0.00689 e. The highest BCUT2D eigenvalue weighted by Crippen LogP contribution is 2.27. The normalized spacial score (nSPS) is 19.8. The minimum Gasteiger partial charge on any atom is -0.126 e. The minimum atomic E-state index is 0.213. The Balaban J connectivity index is 2.60. The van der Waals surface area contributed by atoms with E-state index in [1.54, 1.807) is 0 Å². The topological polar surface area (TPSA) is 0 Å². The molecule has 0 aliphatic heterocycles. The summed E-state index contributed by atoms with van der Waals surface area (Å²) >= 11 is 1.93. The molecule has 0 aromatic heterocycles. The highest BCUT2D eigenvalue weighted by molar-refractivity contribution is 8.03. The van der Waals surface area contributed by atoms with Crippen LogP contribution in [-0.2, 0) is 0 Å². The minimum absolute atomic E-state index is 0.213. The van der Waals surface area contributed by atoms with Gasteiger partial charge in [0.25, 0.3) is 0 Å². The van der Waals surface area contributed by atoms with Crippen molar-refractivity contribution in [1.29, 1.82) is 0 Å². The van der Waals surface area contributed by atoms with E-state index in [1.165, 1.54) is 17.1 Å². The van der Waals surface area contributed by atoms with E-state index in [-0.39, 0.29) is 5.41 Å². The molecule has 0 radical (unpaired) electrons. The molecule has 0 N–H and O–H groups in total. The first kappa shape index (κ1) is 10.6. The lowest BCUT2D eigenvalue weighted by molar-refractivity contribution is 0.627. The Labute approximate surface area is 85.8 Å². The number of hydrogen-bond donors (Lipinski definition) is 0. The molecular weight excluding hydrogens is 176 g/mol. The van der Waals surface area contributed by atoms with Gasteiger partial charge in [0, 0.05) is 10.3 Å². The molecule has 0 amide bonds. The Morgan fingerprint density at radius 1 is 1.31 bits per heavy atom. The lowest BCUT2D eigenvalue weighted by Crippen LogP contribution is -2.00. The van der Waals surface area contributed by atoms with E-state index in [0.29, 0.717) is 0 Å². The maximum Gasteiger partial charge on any atom is 0.00689 e. The van der Waals surface area contributed by atoms with Gasteiger partial charge in [0.1, 0.15) is 0 Å². The predicted octanol–water partition coefficient (Wildman–Crippen LogP) is 4.17. The summed E-state index contributed by atoms with van der Waals surface area (Å²) in [6.07, 6.45) is 12.3. The number of rotatable bonds is 3. The van der Waals surface area contributed by atoms with Crippen LogP contribution in [0.2, 0.25) is 0 Å². The molecule has 0 unspecified atom stereocenters.